The van der Waals surface area contributed by atoms with Crippen LogP contribution in [0.1, 0.15) is 32.4 Å². The molecular weight excluding hydrogens is 360 g/mol. The van der Waals surface area contributed by atoms with Gasteiger partial charge in [-0.15, -0.1) is 11.3 Å². The molecule has 0 N–H and O–H groups in total. The minimum Gasteiger partial charge on any atom is -0.464 e. The SMILES string of the molecule is Cc1cc(C(=O)N(C)Cc2ccc(C)o2)c2cnn(Cc3cccs3)c2n1. The molecule has 7 heteroatoms. The van der Waals surface area contributed by atoms with Gasteiger partial charge >= 0.3 is 0 Å². The van der Waals surface area contributed by atoms with Gasteiger partial charge in [0.15, 0.2) is 5.65 Å². The zero-order valence-electron chi connectivity index (χ0n) is 15.5. The van der Waals surface area contributed by atoms with Crippen molar-refractivity contribution in [3.05, 3.63) is 69.6 Å². The molecule has 0 aliphatic rings. The maximum atomic E-state index is 13.1. The van der Waals surface area contributed by atoms with E-state index in [-0.39, 0.29) is 5.91 Å². The number of hydrogen-bond donors (Lipinski definition) is 0. The number of rotatable bonds is 5. The maximum Gasteiger partial charge on any atom is 0.254 e. The van der Waals surface area contributed by atoms with Crippen molar-refractivity contribution in [1.82, 2.24) is 19.7 Å². The number of carbonyl (C=O) groups excluding carboxylic acids is 1. The van der Waals surface area contributed by atoms with Crippen LogP contribution in [0.2, 0.25) is 0 Å². The van der Waals surface area contributed by atoms with Crippen LogP contribution in [0.5, 0.6) is 0 Å². The number of aryl methyl sites for hydroxylation is 2. The average Bonchev–Trinajstić information content (AvgIpc) is 3.37. The Morgan fingerprint density at radius 1 is 1.30 bits per heavy atom. The van der Waals surface area contributed by atoms with E-state index in [1.807, 2.05) is 48.2 Å². The first-order valence-corrected chi connectivity index (χ1v) is 9.55. The average molecular weight is 380 g/mol. The highest BCUT2D eigenvalue weighted by molar-refractivity contribution is 7.09. The van der Waals surface area contributed by atoms with Gasteiger partial charge in [-0.05, 0) is 43.5 Å². The summed E-state index contributed by atoms with van der Waals surface area (Å²) < 4.78 is 7.44. The smallest absolute Gasteiger partial charge is 0.254 e. The first-order valence-electron chi connectivity index (χ1n) is 8.67. The topological polar surface area (TPSA) is 64.2 Å². The predicted octanol–water partition coefficient (Wildman–Crippen LogP) is 4.02. The summed E-state index contributed by atoms with van der Waals surface area (Å²) >= 11 is 1.68. The largest absolute Gasteiger partial charge is 0.464 e. The van der Waals surface area contributed by atoms with Gasteiger partial charge in [0.2, 0.25) is 0 Å². The molecule has 6 nitrogen and oxygen atoms in total. The van der Waals surface area contributed by atoms with Crippen LogP contribution >= 0.6 is 11.3 Å². The van der Waals surface area contributed by atoms with Crippen LogP contribution < -0.4 is 0 Å². The number of furan rings is 1. The molecule has 4 heterocycles. The van der Waals surface area contributed by atoms with E-state index in [0.29, 0.717) is 18.7 Å². The molecule has 138 valence electrons. The number of thiophene rings is 1. The highest BCUT2D eigenvalue weighted by Crippen LogP contribution is 2.22. The Hall–Kier alpha value is -2.93. The zero-order chi connectivity index (χ0) is 19.0. The van der Waals surface area contributed by atoms with Crippen LogP contribution in [-0.2, 0) is 13.1 Å². The summed E-state index contributed by atoms with van der Waals surface area (Å²) in [4.78, 5) is 20.5. The number of carbonyl (C=O) groups is 1. The van der Waals surface area contributed by atoms with Crippen molar-refractivity contribution in [3.63, 3.8) is 0 Å². The lowest BCUT2D eigenvalue weighted by molar-refractivity contribution is 0.0777. The lowest BCUT2D eigenvalue weighted by Crippen LogP contribution is -2.26. The molecule has 0 aromatic carbocycles. The molecule has 0 radical (unpaired) electrons. The maximum absolute atomic E-state index is 13.1. The molecule has 4 aromatic heterocycles. The Balaban J connectivity index is 1.66. The number of nitrogens with zero attached hydrogens (tertiary/aromatic N) is 4. The molecule has 0 unspecified atom stereocenters. The van der Waals surface area contributed by atoms with E-state index in [2.05, 4.69) is 16.1 Å². The summed E-state index contributed by atoms with van der Waals surface area (Å²) in [6.45, 7) is 4.85. The van der Waals surface area contributed by atoms with Crippen LogP contribution in [0.3, 0.4) is 0 Å². The van der Waals surface area contributed by atoms with Crippen molar-refractivity contribution in [2.75, 3.05) is 7.05 Å². The van der Waals surface area contributed by atoms with Gasteiger partial charge in [-0.25, -0.2) is 9.67 Å². The summed E-state index contributed by atoms with van der Waals surface area (Å²) in [7, 11) is 1.78. The summed E-state index contributed by atoms with van der Waals surface area (Å²) in [5.74, 6) is 1.52. The molecule has 27 heavy (non-hydrogen) atoms. The van der Waals surface area contributed by atoms with Crippen LogP contribution in [-0.4, -0.2) is 32.6 Å². The number of fused-ring (bicyclic) bond motifs is 1. The molecule has 0 fully saturated rings. The van der Waals surface area contributed by atoms with Gasteiger partial charge < -0.3 is 9.32 Å². The Morgan fingerprint density at radius 2 is 2.15 bits per heavy atom. The Bertz CT molecular complexity index is 1090. The van der Waals surface area contributed by atoms with Crippen molar-refractivity contribution in [2.24, 2.45) is 0 Å². The molecule has 4 aromatic rings. The first-order chi connectivity index (χ1) is 13.0. The fourth-order valence-electron chi connectivity index (χ4n) is 3.10. The minimum absolute atomic E-state index is 0.0739. The molecular formula is C20H20N4O2S. The molecule has 0 aliphatic heterocycles. The van der Waals surface area contributed by atoms with Crippen molar-refractivity contribution < 1.29 is 9.21 Å². The third-order valence-corrected chi connectivity index (χ3v) is 5.25. The molecule has 0 spiro atoms. The van der Waals surface area contributed by atoms with Gasteiger partial charge in [-0.2, -0.15) is 5.10 Å². The molecule has 0 atom stereocenters. The van der Waals surface area contributed by atoms with E-state index in [1.54, 1.807) is 29.5 Å². The first kappa shape index (κ1) is 17.5. The summed E-state index contributed by atoms with van der Waals surface area (Å²) in [5, 5.41) is 7.28. The minimum atomic E-state index is -0.0739. The molecule has 0 saturated heterocycles. The predicted molar refractivity (Wildman–Crippen MR) is 105 cm³/mol. The van der Waals surface area contributed by atoms with Crippen molar-refractivity contribution in [3.8, 4) is 0 Å². The molecule has 0 aliphatic carbocycles. The van der Waals surface area contributed by atoms with Crippen molar-refractivity contribution in [1.29, 1.82) is 0 Å². The Kier molecular flexibility index (Phi) is 4.53. The van der Waals surface area contributed by atoms with Gasteiger partial charge in [0.05, 0.1) is 30.2 Å². The Labute approximate surface area is 161 Å². The quantitative estimate of drug-likeness (QED) is 0.524. The highest BCUT2D eigenvalue weighted by atomic mass is 32.1. The van der Waals surface area contributed by atoms with E-state index in [4.69, 9.17) is 4.42 Å². The fourth-order valence-corrected chi connectivity index (χ4v) is 3.78. The summed E-state index contributed by atoms with van der Waals surface area (Å²) in [5.41, 5.74) is 2.13. The van der Waals surface area contributed by atoms with E-state index >= 15 is 0 Å². The van der Waals surface area contributed by atoms with Gasteiger partial charge in [0, 0.05) is 17.6 Å². The van der Waals surface area contributed by atoms with E-state index in [9.17, 15) is 4.79 Å². The van der Waals surface area contributed by atoms with Gasteiger partial charge in [-0.1, -0.05) is 6.07 Å². The van der Waals surface area contributed by atoms with E-state index in [1.165, 1.54) is 4.88 Å². The van der Waals surface area contributed by atoms with Crippen LogP contribution in [0.25, 0.3) is 11.0 Å². The number of amides is 1. The Morgan fingerprint density at radius 3 is 2.85 bits per heavy atom. The van der Waals surface area contributed by atoms with Gasteiger partial charge in [0.1, 0.15) is 11.5 Å². The van der Waals surface area contributed by atoms with E-state index in [0.717, 1.165) is 28.2 Å². The third-order valence-electron chi connectivity index (χ3n) is 4.39. The van der Waals surface area contributed by atoms with Gasteiger partial charge in [-0.3, -0.25) is 4.79 Å². The standard InChI is InChI=1S/C20H20N4O2S/c1-13-9-17(20(25)23(3)11-15-7-6-14(2)26-15)18-10-21-24(19(18)22-13)12-16-5-4-8-27-16/h4-10H,11-12H2,1-3H3. The lowest BCUT2D eigenvalue weighted by atomic mass is 10.1. The monoisotopic (exact) mass is 380 g/mol. The molecule has 0 bridgehead atoms. The van der Waals surface area contributed by atoms with Crippen molar-refractivity contribution >= 4 is 28.3 Å². The molecule has 4 rings (SSSR count). The number of aromatic nitrogens is 3. The zero-order valence-corrected chi connectivity index (χ0v) is 16.3. The molecule has 1 amide bonds. The van der Waals surface area contributed by atoms with Crippen LogP contribution in [0, 0.1) is 13.8 Å². The van der Waals surface area contributed by atoms with Crippen LogP contribution in [0.4, 0.5) is 0 Å². The third kappa shape index (κ3) is 3.50. The normalized spacial score (nSPS) is 11.2. The second-order valence-corrected chi connectivity index (χ2v) is 7.64. The van der Waals surface area contributed by atoms with E-state index < -0.39 is 0 Å². The van der Waals surface area contributed by atoms with Gasteiger partial charge in [0.25, 0.3) is 5.91 Å². The summed E-state index contributed by atoms with van der Waals surface area (Å²) in [6.07, 6.45) is 1.73. The number of pyridine rings is 1. The lowest BCUT2D eigenvalue weighted by Gasteiger charge is -2.16. The highest BCUT2D eigenvalue weighted by Gasteiger charge is 2.20. The van der Waals surface area contributed by atoms with Crippen LogP contribution in [0.15, 0.2) is 46.3 Å². The fraction of sp³-hybridized carbons (Fsp3) is 0.250. The number of hydrogen-bond acceptors (Lipinski definition) is 5. The van der Waals surface area contributed by atoms with Crippen molar-refractivity contribution in [2.45, 2.75) is 26.9 Å². The second-order valence-electron chi connectivity index (χ2n) is 6.60. The molecule has 0 saturated carbocycles. The second kappa shape index (κ2) is 7.00. The summed E-state index contributed by atoms with van der Waals surface area (Å²) in [6, 6.07) is 9.71.